The monoisotopic (exact) mass is 443 g/mol. The van der Waals surface area contributed by atoms with E-state index < -0.39 is 16.1 Å². The van der Waals surface area contributed by atoms with Crippen molar-refractivity contribution < 1.29 is 28.8 Å². The Hall–Kier alpha value is -3.29. The zero-order valence-corrected chi connectivity index (χ0v) is 16.7. The summed E-state index contributed by atoms with van der Waals surface area (Å²) in [6.45, 7) is 1.35. The number of pyridine rings is 2. The van der Waals surface area contributed by atoms with Gasteiger partial charge in [-0.25, -0.2) is 0 Å². The number of ether oxygens (including phenoxy) is 4. The van der Waals surface area contributed by atoms with Gasteiger partial charge in [-0.1, -0.05) is 11.6 Å². The van der Waals surface area contributed by atoms with E-state index in [9.17, 15) is 20.2 Å². The Balaban J connectivity index is 0.000000232. The van der Waals surface area contributed by atoms with Crippen LogP contribution in [0.5, 0.6) is 11.8 Å². The minimum absolute atomic E-state index is 0.117. The average Bonchev–Trinajstić information content (AvgIpc) is 3.25. The molecule has 0 aliphatic carbocycles. The van der Waals surface area contributed by atoms with Gasteiger partial charge in [0.05, 0.1) is 43.8 Å². The van der Waals surface area contributed by atoms with Crippen molar-refractivity contribution in [2.75, 3.05) is 39.3 Å². The van der Waals surface area contributed by atoms with E-state index in [1.165, 1.54) is 38.5 Å². The Morgan fingerprint density at radius 2 is 1.57 bits per heavy atom. The van der Waals surface area contributed by atoms with Gasteiger partial charge in [-0.15, -0.1) is 0 Å². The number of methoxy groups -OCH3 is 2. The number of nitro groups is 2. The van der Waals surface area contributed by atoms with Crippen molar-refractivity contribution in [3.63, 3.8) is 0 Å². The molecule has 0 radical (unpaired) electrons. The molecular weight excluding hydrogens is 426 g/mol. The van der Waals surface area contributed by atoms with Crippen LogP contribution in [0.4, 0.5) is 17.2 Å². The van der Waals surface area contributed by atoms with Gasteiger partial charge in [-0.2, -0.15) is 9.97 Å². The van der Waals surface area contributed by atoms with Gasteiger partial charge in [0, 0.05) is 24.3 Å². The van der Waals surface area contributed by atoms with E-state index in [-0.39, 0.29) is 28.2 Å². The van der Waals surface area contributed by atoms with Gasteiger partial charge in [-0.3, -0.25) is 20.2 Å². The smallest absolute Gasteiger partial charge is 0.311 e. The third-order valence-electron chi connectivity index (χ3n) is 3.59. The molecule has 1 saturated heterocycles. The maximum Gasteiger partial charge on any atom is 0.311 e. The van der Waals surface area contributed by atoms with Crippen LogP contribution >= 0.6 is 11.6 Å². The van der Waals surface area contributed by atoms with Crippen LogP contribution in [0.1, 0.15) is 0 Å². The lowest BCUT2D eigenvalue weighted by Gasteiger charge is -2.11. The first-order valence-corrected chi connectivity index (χ1v) is 8.75. The number of nitrogens with one attached hydrogen (secondary N) is 1. The lowest BCUT2D eigenvalue weighted by Crippen LogP contribution is -2.21. The van der Waals surface area contributed by atoms with E-state index in [2.05, 4.69) is 15.3 Å². The van der Waals surface area contributed by atoms with Gasteiger partial charge in [-0.05, 0) is 0 Å². The molecule has 0 saturated carbocycles. The highest BCUT2D eigenvalue weighted by Crippen LogP contribution is 2.25. The summed E-state index contributed by atoms with van der Waals surface area (Å²) >= 11 is 5.47. The Bertz CT molecular complexity index is 894. The van der Waals surface area contributed by atoms with Gasteiger partial charge >= 0.3 is 11.4 Å². The number of rotatable bonds is 7. The third-order valence-corrected chi connectivity index (χ3v) is 3.87. The van der Waals surface area contributed by atoms with Gasteiger partial charge in [0.2, 0.25) is 22.7 Å². The molecule has 0 amide bonds. The summed E-state index contributed by atoms with van der Waals surface area (Å²) in [5.74, 6) is 0.695. The molecule has 3 rings (SSSR count). The lowest BCUT2D eigenvalue weighted by molar-refractivity contribution is -0.385. The molecule has 1 aliphatic rings. The van der Waals surface area contributed by atoms with Crippen molar-refractivity contribution in [1.29, 1.82) is 0 Å². The van der Waals surface area contributed by atoms with Crippen molar-refractivity contribution in [3.05, 3.63) is 49.6 Å². The second-order valence-electron chi connectivity index (χ2n) is 5.45. The van der Waals surface area contributed by atoms with E-state index in [1.807, 2.05) is 0 Å². The van der Waals surface area contributed by atoms with E-state index in [0.29, 0.717) is 25.6 Å². The van der Waals surface area contributed by atoms with Crippen LogP contribution in [0.15, 0.2) is 24.3 Å². The summed E-state index contributed by atoms with van der Waals surface area (Å²) in [7, 11) is 2.85. The summed E-state index contributed by atoms with van der Waals surface area (Å²) in [5, 5.41) is 23.8. The van der Waals surface area contributed by atoms with E-state index in [4.69, 9.17) is 30.5 Å². The number of nitrogens with zero attached hydrogens (tertiary/aromatic N) is 4. The minimum atomic E-state index is -0.602. The fourth-order valence-electron chi connectivity index (χ4n) is 2.19. The van der Waals surface area contributed by atoms with E-state index in [1.54, 1.807) is 0 Å². The highest BCUT2D eigenvalue weighted by molar-refractivity contribution is 6.31. The fraction of sp³-hybridized carbons (Fsp3) is 0.375. The number of hydrogen-bond donors (Lipinski definition) is 1. The Morgan fingerprint density at radius 3 is 2.07 bits per heavy atom. The van der Waals surface area contributed by atoms with Crippen molar-refractivity contribution in [2.45, 2.75) is 6.29 Å². The maximum atomic E-state index is 10.8. The first kappa shape index (κ1) is 23.0. The molecule has 2 aromatic rings. The Labute approximate surface area is 175 Å². The molecule has 2 aromatic heterocycles. The van der Waals surface area contributed by atoms with Crippen molar-refractivity contribution >= 4 is 28.8 Å². The summed E-state index contributed by atoms with van der Waals surface area (Å²) < 4.78 is 20.1. The predicted octanol–water partition coefficient (Wildman–Crippen LogP) is 2.43. The van der Waals surface area contributed by atoms with E-state index >= 15 is 0 Å². The molecule has 0 bridgehead atoms. The molecule has 162 valence electrons. The first-order valence-electron chi connectivity index (χ1n) is 8.37. The quantitative estimate of drug-likeness (QED) is 0.380. The average molecular weight is 444 g/mol. The molecule has 30 heavy (non-hydrogen) atoms. The molecule has 0 atom stereocenters. The highest BCUT2D eigenvalue weighted by atomic mass is 35.5. The van der Waals surface area contributed by atoms with E-state index in [0.717, 1.165) is 0 Å². The van der Waals surface area contributed by atoms with Crippen LogP contribution in [-0.2, 0) is 9.47 Å². The topological polar surface area (TPSA) is 161 Å². The molecule has 0 aromatic carbocycles. The molecule has 1 N–H and O–H groups in total. The van der Waals surface area contributed by atoms with Crippen LogP contribution < -0.4 is 14.8 Å². The summed E-state index contributed by atoms with van der Waals surface area (Å²) in [5.41, 5.74) is -0.341. The molecule has 3 heterocycles. The fourth-order valence-corrected chi connectivity index (χ4v) is 2.41. The summed E-state index contributed by atoms with van der Waals surface area (Å²) in [6, 6.07) is 5.40. The second-order valence-corrected chi connectivity index (χ2v) is 5.81. The van der Waals surface area contributed by atoms with Crippen molar-refractivity contribution in [3.8, 4) is 11.8 Å². The van der Waals surface area contributed by atoms with Gasteiger partial charge < -0.3 is 24.3 Å². The first-order chi connectivity index (χ1) is 14.3. The van der Waals surface area contributed by atoms with Gasteiger partial charge in [0.1, 0.15) is 0 Å². The van der Waals surface area contributed by atoms with Crippen LogP contribution in [0.25, 0.3) is 0 Å². The zero-order chi connectivity index (χ0) is 22.1. The number of halogens is 1. The number of hydrogen-bond acceptors (Lipinski definition) is 11. The SMILES string of the molecule is COc1ccc([N+](=O)[O-])c(Cl)n1.COc1ccc([N+](=O)[O-])c(NCC2OCCO2)n1. The molecule has 1 aliphatic heterocycles. The van der Waals surface area contributed by atoms with Crippen LogP contribution in [0, 0.1) is 20.2 Å². The van der Waals surface area contributed by atoms with Gasteiger partial charge in [0.15, 0.2) is 6.29 Å². The maximum absolute atomic E-state index is 10.8. The molecular formula is C16H18ClN5O8. The summed E-state index contributed by atoms with van der Waals surface area (Å²) in [4.78, 5) is 27.6. The normalized spacial score (nSPS) is 13.2. The zero-order valence-electron chi connectivity index (χ0n) is 15.9. The number of aromatic nitrogens is 2. The molecule has 1 fully saturated rings. The molecule has 0 spiro atoms. The van der Waals surface area contributed by atoms with Crippen molar-refractivity contribution in [1.82, 2.24) is 9.97 Å². The van der Waals surface area contributed by atoms with Gasteiger partial charge in [0.25, 0.3) is 0 Å². The number of anilines is 1. The van der Waals surface area contributed by atoms with Crippen LogP contribution in [-0.4, -0.2) is 60.1 Å². The van der Waals surface area contributed by atoms with Crippen LogP contribution in [0.2, 0.25) is 5.15 Å². The van der Waals surface area contributed by atoms with Crippen LogP contribution in [0.3, 0.4) is 0 Å². The predicted molar refractivity (Wildman–Crippen MR) is 104 cm³/mol. The highest BCUT2D eigenvalue weighted by Gasteiger charge is 2.20. The largest absolute Gasteiger partial charge is 0.481 e. The second kappa shape index (κ2) is 11.0. The standard InChI is InChI=1S/C10H13N3O5.C6H5ClN2O3/c1-16-8-3-2-7(13(14)15)10(12-8)11-6-9-17-4-5-18-9;1-12-5-3-2-4(9(10)11)6(7)8-5/h2-3,9H,4-6H2,1H3,(H,11,12);2-3H,1H3. The molecule has 0 unspecified atom stereocenters. The summed E-state index contributed by atoms with van der Waals surface area (Å²) in [6.07, 6.45) is -0.405. The lowest BCUT2D eigenvalue weighted by atomic mass is 10.4. The minimum Gasteiger partial charge on any atom is -0.481 e. The Kier molecular flexibility index (Phi) is 8.46. The Morgan fingerprint density at radius 1 is 1.03 bits per heavy atom. The molecule has 14 heteroatoms. The third kappa shape index (κ3) is 6.37. The van der Waals surface area contributed by atoms with Crippen molar-refractivity contribution in [2.24, 2.45) is 0 Å². The molecule has 13 nitrogen and oxygen atoms in total.